The van der Waals surface area contributed by atoms with Crippen LogP contribution in [-0.2, 0) is 4.79 Å². The molecule has 0 heterocycles. The van der Waals surface area contributed by atoms with E-state index in [1.165, 1.54) is 0 Å². The Bertz CT molecular complexity index is 66.8. The Morgan fingerprint density at radius 2 is 1.56 bits per heavy atom. The van der Waals surface area contributed by atoms with E-state index in [0.717, 1.165) is 0 Å². The lowest BCUT2D eigenvalue weighted by molar-refractivity contribution is -0.115. The van der Waals surface area contributed by atoms with Crippen molar-refractivity contribution in [1.29, 1.82) is 0 Å². The van der Waals surface area contributed by atoms with Gasteiger partial charge in [0.15, 0.2) is 0 Å². The second kappa shape index (κ2) is 10.8. The highest BCUT2D eigenvalue weighted by Gasteiger charge is 1.79. The first-order valence-electron chi connectivity index (χ1n) is 2.43. The number of alkyl halides is 1. The Kier molecular flexibility index (Phi) is 13.9. The molecule has 0 aliphatic carbocycles. The number of nitrogens with two attached hydrogens (primary N) is 3. The zero-order valence-corrected chi connectivity index (χ0v) is 6.73. The van der Waals surface area contributed by atoms with E-state index in [0.29, 0.717) is 13.1 Å². The average molecular weight is 198 g/mol. The molecule has 0 aromatic rings. The molecule has 0 atom stereocenters. The number of rotatable bonds is 2. The van der Waals surface area contributed by atoms with Crippen LogP contribution in [0.15, 0.2) is 0 Å². The van der Waals surface area contributed by atoms with E-state index in [9.17, 15) is 4.79 Å². The van der Waals surface area contributed by atoms with Gasteiger partial charge in [0.25, 0.3) is 0 Å². The van der Waals surface area contributed by atoms with Gasteiger partial charge in [0, 0.05) is 13.1 Å². The van der Waals surface area contributed by atoms with Crippen molar-refractivity contribution in [3.63, 3.8) is 0 Å². The van der Waals surface area contributed by atoms with Gasteiger partial charge in [-0.2, -0.15) is 0 Å². The minimum atomic E-state index is -0.329. The van der Waals surface area contributed by atoms with Gasteiger partial charge in [-0.15, -0.1) is 0 Å². The summed E-state index contributed by atoms with van der Waals surface area (Å²) in [5, 5.41) is 0.257. The molecule has 0 spiro atoms. The molecule has 0 fully saturated rings. The van der Waals surface area contributed by atoms with E-state index in [4.69, 9.17) is 11.5 Å². The van der Waals surface area contributed by atoms with Crippen LogP contribution < -0.4 is 17.2 Å². The quantitative estimate of drug-likeness (QED) is 0.485. The molecule has 5 heteroatoms. The first kappa shape index (κ1) is 11.6. The molecule has 0 aromatic carbocycles. The summed E-state index contributed by atoms with van der Waals surface area (Å²) in [5.74, 6) is -0.329. The summed E-state index contributed by atoms with van der Waals surface area (Å²) in [5.41, 5.74) is 14.4. The van der Waals surface area contributed by atoms with Gasteiger partial charge in [-0.1, -0.05) is 15.9 Å². The monoisotopic (exact) mass is 197 g/mol. The highest BCUT2D eigenvalue weighted by molar-refractivity contribution is 9.09. The van der Waals surface area contributed by atoms with Gasteiger partial charge >= 0.3 is 0 Å². The molecule has 0 saturated carbocycles. The van der Waals surface area contributed by atoms with Crippen LogP contribution in [0.5, 0.6) is 0 Å². The number of carbonyl (C=O) groups excluding carboxylic acids is 1. The fraction of sp³-hybridized carbons (Fsp3) is 0.750. The van der Waals surface area contributed by atoms with Gasteiger partial charge in [0.1, 0.15) is 0 Å². The third-order valence-electron chi connectivity index (χ3n) is 0.298. The molecular weight excluding hydrogens is 186 g/mol. The van der Waals surface area contributed by atoms with E-state index < -0.39 is 0 Å². The molecule has 0 unspecified atom stereocenters. The highest BCUT2D eigenvalue weighted by Crippen LogP contribution is 1.71. The summed E-state index contributed by atoms with van der Waals surface area (Å²) in [4.78, 5) is 9.54. The van der Waals surface area contributed by atoms with E-state index >= 15 is 0 Å². The molecule has 0 aromatic heterocycles. The van der Waals surface area contributed by atoms with Crippen molar-refractivity contribution in [3.05, 3.63) is 0 Å². The SMILES string of the molecule is NC(=O)CBr.NCCN. The van der Waals surface area contributed by atoms with Crippen LogP contribution in [0.3, 0.4) is 0 Å². The minimum Gasteiger partial charge on any atom is -0.369 e. The van der Waals surface area contributed by atoms with Crippen LogP contribution in [-0.4, -0.2) is 24.3 Å². The van der Waals surface area contributed by atoms with E-state index in [1.807, 2.05) is 0 Å². The largest absolute Gasteiger partial charge is 0.369 e. The van der Waals surface area contributed by atoms with Crippen molar-refractivity contribution >= 4 is 21.8 Å². The average Bonchev–Trinajstić information content (AvgIpc) is 1.89. The van der Waals surface area contributed by atoms with E-state index in [2.05, 4.69) is 21.7 Å². The Hall–Kier alpha value is -0.130. The van der Waals surface area contributed by atoms with Crippen molar-refractivity contribution in [2.45, 2.75) is 0 Å². The summed E-state index contributed by atoms with van der Waals surface area (Å²) in [6.45, 7) is 1.19. The van der Waals surface area contributed by atoms with Crippen LogP contribution in [0, 0.1) is 0 Å². The molecule has 0 saturated heterocycles. The summed E-state index contributed by atoms with van der Waals surface area (Å²) in [6.07, 6.45) is 0. The molecule has 1 amide bonds. The number of amides is 1. The molecule has 6 N–H and O–H groups in total. The number of hydrogen-bond acceptors (Lipinski definition) is 3. The van der Waals surface area contributed by atoms with Crippen molar-refractivity contribution < 1.29 is 4.79 Å². The predicted octanol–water partition coefficient (Wildman–Crippen LogP) is -1.23. The lowest BCUT2D eigenvalue weighted by Crippen LogP contribution is -2.11. The maximum absolute atomic E-state index is 9.54. The maximum Gasteiger partial charge on any atom is 0.228 e. The zero-order chi connectivity index (χ0) is 7.70. The van der Waals surface area contributed by atoms with Crippen molar-refractivity contribution in [3.8, 4) is 0 Å². The van der Waals surface area contributed by atoms with Gasteiger partial charge in [0.2, 0.25) is 5.91 Å². The predicted molar refractivity (Wildman–Crippen MR) is 41.1 cm³/mol. The first-order chi connectivity index (χ1) is 4.18. The number of primary amides is 1. The first-order valence-corrected chi connectivity index (χ1v) is 3.55. The van der Waals surface area contributed by atoms with Crippen molar-refractivity contribution in [2.75, 3.05) is 18.4 Å². The molecule has 0 rings (SSSR count). The van der Waals surface area contributed by atoms with Gasteiger partial charge in [-0.3, -0.25) is 4.79 Å². The van der Waals surface area contributed by atoms with E-state index in [1.54, 1.807) is 0 Å². The summed E-state index contributed by atoms with van der Waals surface area (Å²) in [6, 6.07) is 0. The second-order valence-corrected chi connectivity index (χ2v) is 1.74. The van der Waals surface area contributed by atoms with Crippen LogP contribution >= 0.6 is 15.9 Å². The Morgan fingerprint density at radius 1 is 1.33 bits per heavy atom. The molecule has 4 nitrogen and oxygen atoms in total. The van der Waals surface area contributed by atoms with Crippen LogP contribution in [0.25, 0.3) is 0 Å². The van der Waals surface area contributed by atoms with Crippen LogP contribution in [0.2, 0.25) is 0 Å². The number of carbonyl (C=O) groups is 1. The summed E-state index contributed by atoms with van der Waals surface area (Å²) in [7, 11) is 0. The molecule has 0 aliphatic heterocycles. The normalized spacial score (nSPS) is 7.44. The van der Waals surface area contributed by atoms with Gasteiger partial charge in [-0.05, 0) is 0 Å². The third kappa shape index (κ3) is 32.9. The Morgan fingerprint density at radius 3 is 1.56 bits per heavy atom. The molecule has 9 heavy (non-hydrogen) atoms. The Labute approximate surface area is 62.9 Å². The molecule has 0 aliphatic rings. The standard InChI is InChI=1S/C2H4BrNO.C2H8N2/c3-1-2(4)5;3-1-2-4/h1H2,(H2,4,5);1-4H2. The van der Waals surface area contributed by atoms with Crippen LogP contribution in [0.1, 0.15) is 0 Å². The fourth-order valence-electron chi connectivity index (χ4n) is 0. The summed E-state index contributed by atoms with van der Waals surface area (Å²) >= 11 is 2.84. The van der Waals surface area contributed by atoms with Gasteiger partial charge in [-0.25, -0.2) is 0 Å². The topological polar surface area (TPSA) is 95.1 Å². The van der Waals surface area contributed by atoms with Gasteiger partial charge < -0.3 is 17.2 Å². The Balaban J connectivity index is 0. The highest BCUT2D eigenvalue weighted by atomic mass is 79.9. The molecule has 56 valence electrons. The fourth-order valence-corrected chi connectivity index (χ4v) is 0. The lowest BCUT2D eigenvalue weighted by Gasteiger charge is -1.72. The smallest absolute Gasteiger partial charge is 0.228 e. The third-order valence-corrected chi connectivity index (χ3v) is 0.851. The van der Waals surface area contributed by atoms with Crippen LogP contribution in [0.4, 0.5) is 0 Å². The molecular formula is C4H12BrN3O. The van der Waals surface area contributed by atoms with Gasteiger partial charge in [0.05, 0.1) is 5.33 Å². The minimum absolute atomic E-state index is 0.257. The molecule has 0 radical (unpaired) electrons. The molecule has 0 bridgehead atoms. The van der Waals surface area contributed by atoms with Crippen molar-refractivity contribution in [1.82, 2.24) is 0 Å². The summed E-state index contributed by atoms with van der Waals surface area (Å²) < 4.78 is 0. The lowest BCUT2D eigenvalue weighted by atomic mass is 10.7. The van der Waals surface area contributed by atoms with Crippen molar-refractivity contribution in [2.24, 2.45) is 17.2 Å². The number of halogens is 1. The van der Waals surface area contributed by atoms with E-state index in [-0.39, 0.29) is 11.2 Å². The maximum atomic E-state index is 9.54. The zero-order valence-electron chi connectivity index (χ0n) is 5.14. The second-order valence-electron chi connectivity index (χ2n) is 1.18. The number of hydrogen-bond donors (Lipinski definition) is 3.